The molecule has 1 rings (SSSR count). The van der Waals surface area contributed by atoms with Gasteiger partial charge in [-0.3, -0.25) is 0 Å². The summed E-state index contributed by atoms with van der Waals surface area (Å²) in [5.74, 6) is 0. The Bertz CT molecular complexity index is 152. The highest BCUT2D eigenvalue weighted by Gasteiger charge is 2.15. The van der Waals surface area contributed by atoms with Crippen LogP contribution in [0, 0.1) is 0 Å². The number of rotatable bonds is 0. The van der Waals surface area contributed by atoms with Crippen LogP contribution in [0.4, 0.5) is 0 Å². The van der Waals surface area contributed by atoms with Gasteiger partial charge < -0.3 is 0 Å². The Hall–Kier alpha value is 0.210. The highest BCUT2D eigenvalue weighted by molar-refractivity contribution is 14.1. The summed E-state index contributed by atoms with van der Waals surface area (Å²) in [5.41, 5.74) is 1.38. The third kappa shape index (κ3) is 1.34. The molecule has 0 spiro atoms. The van der Waals surface area contributed by atoms with Crippen LogP contribution in [0.3, 0.4) is 0 Å². The van der Waals surface area contributed by atoms with E-state index in [9.17, 15) is 0 Å². The topological polar surface area (TPSA) is 0 Å². The molecule has 0 saturated carbocycles. The van der Waals surface area contributed by atoms with Crippen molar-refractivity contribution in [2.75, 3.05) is 0 Å². The van der Waals surface area contributed by atoms with Crippen molar-refractivity contribution in [1.82, 2.24) is 0 Å². The van der Waals surface area contributed by atoms with Crippen molar-refractivity contribution in [3.8, 4) is 0 Å². The smallest absolute Gasteiger partial charge is 0.0561 e. The minimum Gasteiger partial charge on any atom is -0.0700 e. The molecule has 0 aromatic rings. The van der Waals surface area contributed by atoms with Crippen LogP contribution in [0.5, 0.6) is 0 Å². The molecule has 0 amide bonds. The van der Waals surface area contributed by atoms with Gasteiger partial charge in [0.2, 0.25) is 0 Å². The van der Waals surface area contributed by atoms with Crippen molar-refractivity contribution < 1.29 is 0 Å². The molecule has 0 N–H and O–H groups in total. The van der Waals surface area contributed by atoms with Gasteiger partial charge in [0.05, 0.1) is 3.42 Å². The molecule has 0 nitrogen and oxygen atoms in total. The second-order valence-corrected chi connectivity index (χ2v) is 4.70. The van der Waals surface area contributed by atoms with Gasteiger partial charge in [-0.15, -0.1) is 0 Å². The Morgan fingerprint density at radius 1 is 1.62 bits per heavy atom. The first kappa shape index (κ1) is 6.33. The zero-order valence-corrected chi connectivity index (χ0v) is 7.27. The molecule has 0 bridgehead atoms. The van der Waals surface area contributed by atoms with Gasteiger partial charge in [0.25, 0.3) is 0 Å². The number of allylic oxidation sites excluding steroid dienone is 4. The molecule has 1 unspecified atom stereocenters. The average molecular weight is 220 g/mol. The lowest BCUT2D eigenvalue weighted by Crippen LogP contribution is -2.01. The second kappa shape index (κ2) is 1.87. The minimum absolute atomic E-state index is 0.293. The first-order chi connectivity index (χ1) is 3.60. The van der Waals surface area contributed by atoms with Crippen molar-refractivity contribution >= 4 is 22.6 Å². The molecule has 1 atom stereocenters. The van der Waals surface area contributed by atoms with Crippen LogP contribution in [-0.2, 0) is 0 Å². The van der Waals surface area contributed by atoms with Gasteiger partial charge in [0.15, 0.2) is 0 Å². The summed E-state index contributed by atoms with van der Waals surface area (Å²) in [6.07, 6.45) is 6.63. The third-order valence-corrected chi connectivity index (χ3v) is 1.85. The lowest BCUT2D eigenvalue weighted by atomic mass is 10.2. The van der Waals surface area contributed by atoms with E-state index < -0.39 is 0 Å². The number of hydrogen-bond donors (Lipinski definition) is 0. The summed E-state index contributed by atoms with van der Waals surface area (Å²) in [7, 11) is 0. The van der Waals surface area contributed by atoms with Gasteiger partial charge >= 0.3 is 0 Å². The predicted octanol–water partition coefficient (Wildman–Crippen LogP) is 2.70. The van der Waals surface area contributed by atoms with E-state index in [1.165, 1.54) is 5.57 Å². The number of hydrogen-bond acceptors (Lipinski definition) is 0. The van der Waals surface area contributed by atoms with Crippen molar-refractivity contribution in [1.29, 1.82) is 0 Å². The van der Waals surface area contributed by atoms with Gasteiger partial charge in [-0.25, -0.2) is 0 Å². The van der Waals surface area contributed by atoms with E-state index in [0.29, 0.717) is 3.42 Å². The monoisotopic (exact) mass is 220 g/mol. The van der Waals surface area contributed by atoms with Gasteiger partial charge in [0, 0.05) is 0 Å². The van der Waals surface area contributed by atoms with Crippen LogP contribution in [0.15, 0.2) is 23.8 Å². The molecule has 44 valence electrons. The summed E-state index contributed by atoms with van der Waals surface area (Å²) >= 11 is 2.42. The molecule has 8 heavy (non-hydrogen) atoms. The van der Waals surface area contributed by atoms with E-state index in [4.69, 9.17) is 0 Å². The van der Waals surface area contributed by atoms with Crippen molar-refractivity contribution in [3.05, 3.63) is 23.8 Å². The highest BCUT2D eigenvalue weighted by atomic mass is 127. The van der Waals surface area contributed by atoms with Crippen molar-refractivity contribution in [3.63, 3.8) is 0 Å². The van der Waals surface area contributed by atoms with Crippen LogP contribution in [0.2, 0.25) is 0 Å². The largest absolute Gasteiger partial charge is 0.0700 e. The third-order valence-electron chi connectivity index (χ3n) is 1.18. The van der Waals surface area contributed by atoms with Crippen LogP contribution in [0.1, 0.15) is 13.8 Å². The standard InChI is InChI=1S/C7H9I/c1-6-3-4-7(2,8)5-6/h3-5H,1-2H3. The molecule has 0 aromatic carbocycles. The Morgan fingerprint density at radius 3 is 2.38 bits per heavy atom. The molecule has 0 saturated heterocycles. The maximum Gasteiger partial charge on any atom is 0.0561 e. The lowest BCUT2D eigenvalue weighted by Gasteiger charge is -2.05. The van der Waals surface area contributed by atoms with E-state index in [2.05, 4.69) is 54.7 Å². The molecule has 0 radical (unpaired) electrons. The van der Waals surface area contributed by atoms with Gasteiger partial charge in [-0.2, -0.15) is 0 Å². The predicted molar refractivity (Wildman–Crippen MR) is 45.3 cm³/mol. The maximum atomic E-state index is 2.42. The van der Waals surface area contributed by atoms with Gasteiger partial charge in [-0.05, 0) is 13.8 Å². The molecule has 0 heterocycles. The maximum absolute atomic E-state index is 2.42. The summed E-state index contributed by atoms with van der Waals surface area (Å²) in [6, 6.07) is 0. The Kier molecular flexibility index (Phi) is 1.48. The Balaban J connectivity index is 2.84. The molecule has 0 aromatic heterocycles. The molecule has 1 aliphatic carbocycles. The summed E-state index contributed by atoms with van der Waals surface area (Å²) in [4.78, 5) is 0. The SMILES string of the molecule is CC1=CC(C)(I)C=C1. The van der Waals surface area contributed by atoms with Crippen molar-refractivity contribution in [2.24, 2.45) is 0 Å². The van der Waals surface area contributed by atoms with Crippen LogP contribution >= 0.6 is 22.6 Å². The van der Waals surface area contributed by atoms with E-state index in [0.717, 1.165) is 0 Å². The molecule has 1 aliphatic rings. The number of halogens is 1. The molecular weight excluding hydrogens is 211 g/mol. The summed E-state index contributed by atoms with van der Waals surface area (Å²) < 4.78 is 0.293. The Labute approximate surface area is 63.8 Å². The van der Waals surface area contributed by atoms with Crippen LogP contribution in [-0.4, -0.2) is 3.42 Å². The molecular formula is C7H9I. The summed E-state index contributed by atoms with van der Waals surface area (Å²) in [5, 5.41) is 0. The van der Waals surface area contributed by atoms with E-state index >= 15 is 0 Å². The zero-order chi connectivity index (χ0) is 6.20. The van der Waals surface area contributed by atoms with Crippen LogP contribution < -0.4 is 0 Å². The van der Waals surface area contributed by atoms with Gasteiger partial charge in [-0.1, -0.05) is 46.4 Å². The fourth-order valence-corrected chi connectivity index (χ4v) is 1.51. The first-order valence-corrected chi connectivity index (χ1v) is 3.76. The van der Waals surface area contributed by atoms with E-state index in [-0.39, 0.29) is 0 Å². The fourth-order valence-electron chi connectivity index (χ4n) is 0.836. The molecule has 0 aliphatic heterocycles. The number of alkyl halides is 1. The Morgan fingerprint density at radius 2 is 2.25 bits per heavy atom. The van der Waals surface area contributed by atoms with Crippen molar-refractivity contribution in [2.45, 2.75) is 17.3 Å². The van der Waals surface area contributed by atoms with E-state index in [1.807, 2.05) is 0 Å². The summed E-state index contributed by atoms with van der Waals surface area (Å²) in [6.45, 7) is 4.32. The zero-order valence-electron chi connectivity index (χ0n) is 5.11. The minimum atomic E-state index is 0.293. The van der Waals surface area contributed by atoms with Gasteiger partial charge in [0.1, 0.15) is 0 Å². The van der Waals surface area contributed by atoms with Crippen LogP contribution in [0.25, 0.3) is 0 Å². The van der Waals surface area contributed by atoms with E-state index in [1.54, 1.807) is 0 Å². The fraction of sp³-hybridized carbons (Fsp3) is 0.429. The lowest BCUT2D eigenvalue weighted by molar-refractivity contribution is 1.07. The average Bonchev–Trinajstić information content (AvgIpc) is 1.82. The second-order valence-electron chi connectivity index (χ2n) is 2.37. The quantitative estimate of drug-likeness (QED) is 0.435. The highest BCUT2D eigenvalue weighted by Crippen LogP contribution is 2.28. The molecule has 1 heteroatoms. The first-order valence-electron chi connectivity index (χ1n) is 2.68. The normalized spacial score (nSPS) is 35.6. The molecule has 0 fully saturated rings.